The number of amides is 2. The first-order chi connectivity index (χ1) is 8.13. The summed E-state index contributed by atoms with van der Waals surface area (Å²) in [6, 6.07) is 8.49. The van der Waals surface area contributed by atoms with E-state index < -0.39 is 11.8 Å². The molecule has 0 bridgehead atoms. The van der Waals surface area contributed by atoms with Crippen molar-refractivity contribution in [2.24, 2.45) is 5.73 Å². The van der Waals surface area contributed by atoms with Gasteiger partial charge in [-0.15, -0.1) is 0 Å². The molecule has 0 heterocycles. The van der Waals surface area contributed by atoms with Crippen LogP contribution in [0.5, 0.6) is 5.75 Å². The third kappa shape index (κ3) is 4.22. The molecule has 88 valence electrons. The third-order valence-corrected chi connectivity index (χ3v) is 1.83. The monoisotopic (exact) mass is 233 g/mol. The number of rotatable bonds is 5. The minimum atomic E-state index is -0.629. The van der Waals surface area contributed by atoms with Gasteiger partial charge in [0.1, 0.15) is 11.8 Å². The van der Waals surface area contributed by atoms with Crippen LogP contribution in [0.1, 0.15) is 5.56 Å². The van der Waals surface area contributed by atoms with E-state index in [2.05, 4.69) is 5.32 Å². The quantitative estimate of drug-likeness (QED) is 0.717. The maximum atomic E-state index is 11.2. The van der Waals surface area contributed by atoms with E-state index in [1.807, 2.05) is 6.07 Å². The number of nitrogens with two attached hydrogens (primary N) is 1. The summed E-state index contributed by atoms with van der Waals surface area (Å²) < 4.78 is 5.14. The van der Waals surface area contributed by atoms with Crippen molar-refractivity contribution < 1.29 is 14.3 Å². The number of carbonyl (C=O) groups excluding carboxylic acids is 2. The largest absolute Gasteiger partial charge is 0.482 e. The summed E-state index contributed by atoms with van der Waals surface area (Å²) in [5, 5.41) is 11.0. The lowest BCUT2D eigenvalue weighted by atomic mass is 10.2. The zero-order valence-electron chi connectivity index (χ0n) is 8.97. The van der Waals surface area contributed by atoms with Gasteiger partial charge in [-0.1, -0.05) is 12.1 Å². The maximum absolute atomic E-state index is 11.2. The Labute approximate surface area is 98.0 Å². The first kappa shape index (κ1) is 12.5. The fourth-order valence-corrected chi connectivity index (χ4v) is 1.06. The molecule has 0 unspecified atom stereocenters. The topological polar surface area (TPSA) is 105 Å². The fraction of sp³-hybridized carbons (Fsp3) is 0.182. The summed E-state index contributed by atoms with van der Waals surface area (Å²) in [6.45, 7) is -0.506. The van der Waals surface area contributed by atoms with Crippen molar-refractivity contribution in [3.05, 3.63) is 29.8 Å². The Morgan fingerprint density at radius 2 is 2.12 bits per heavy atom. The Morgan fingerprint density at radius 1 is 1.41 bits per heavy atom. The predicted octanol–water partition coefficient (Wildman–Crippen LogP) is -0.461. The molecule has 6 nitrogen and oxygen atoms in total. The number of primary amides is 1. The third-order valence-electron chi connectivity index (χ3n) is 1.83. The summed E-state index contributed by atoms with van der Waals surface area (Å²) in [5.41, 5.74) is 5.20. The second-order valence-electron chi connectivity index (χ2n) is 3.14. The molecule has 0 aliphatic heterocycles. The molecular formula is C11H11N3O3. The molecule has 1 aromatic rings. The number of nitrogens with one attached hydrogen (secondary N) is 1. The number of nitriles is 1. The average Bonchev–Trinajstić information content (AvgIpc) is 2.34. The van der Waals surface area contributed by atoms with Crippen LogP contribution < -0.4 is 15.8 Å². The first-order valence-corrected chi connectivity index (χ1v) is 4.80. The van der Waals surface area contributed by atoms with E-state index in [1.165, 1.54) is 0 Å². The van der Waals surface area contributed by atoms with Crippen LogP contribution in [0.15, 0.2) is 24.3 Å². The lowest BCUT2D eigenvalue weighted by Crippen LogP contribution is -2.36. The van der Waals surface area contributed by atoms with Crippen LogP contribution >= 0.6 is 0 Å². The lowest BCUT2D eigenvalue weighted by Gasteiger charge is -2.07. The Kier molecular flexibility index (Phi) is 4.51. The van der Waals surface area contributed by atoms with Crippen molar-refractivity contribution >= 4 is 11.8 Å². The van der Waals surface area contributed by atoms with Gasteiger partial charge in [0.15, 0.2) is 6.61 Å². The van der Waals surface area contributed by atoms with Crippen LogP contribution in [0.25, 0.3) is 0 Å². The number of hydrogen-bond acceptors (Lipinski definition) is 4. The van der Waals surface area contributed by atoms with Gasteiger partial charge < -0.3 is 15.8 Å². The zero-order valence-corrected chi connectivity index (χ0v) is 8.97. The number of para-hydroxylation sites is 1. The normalized spacial score (nSPS) is 9.12. The lowest BCUT2D eigenvalue weighted by molar-refractivity contribution is -0.126. The van der Waals surface area contributed by atoms with Crippen LogP contribution in [0.2, 0.25) is 0 Å². The summed E-state index contributed by atoms with van der Waals surface area (Å²) in [6.07, 6.45) is 0. The number of nitrogens with zero attached hydrogens (tertiary/aromatic N) is 1. The molecule has 0 aliphatic rings. The Hall–Kier alpha value is -2.55. The van der Waals surface area contributed by atoms with Crippen molar-refractivity contribution in [1.29, 1.82) is 5.26 Å². The molecule has 0 radical (unpaired) electrons. The Morgan fingerprint density at radius 3 is 2.76 bits per heavy atom. The molecule has 0 aromatic heterocycles. The van der Waals surface area contributed by atoms with Gasteiger partial charge in [0.2, 0.25) is 5.91 Å². The molecule has 6 heteroatoms. The molecule has 0 atom stereocenters. The molecule has 1 rings (SSSR count). The van der Waals surface area contributed by atoms with Crippen LogP contribution in [0.4, 0.5) is 0 Å². The minimum Gasteiger partial charge on any atom is -0.482 e. The smallest absolute Gasteiger partial charge is 0.258 e. The van der Waals surface area contributed by atoms with Crippen LogP contribution in [0, 0.1) is 11.3 Å². The second-order valence-corrected chi connectivity index (χ2v) is 3.14. The van der Waals surface area contributed by atoms with Crippen LogP contribution in [0.3, 0.4) is 0 Å². The van der Waals surface area contributed by atoms with Crippen molar-refractivity contribution in [3.8, 4) is 11.8 Å². The predicted molar refractivity (Wildman–Crippen MR) is 58.9 cm³/mol. The van der Waals surface area contributed by atoms with Gasteiger partial charge in [-0.05, 0) is 12.1 Å². The molecule has 0 aliphatic carbocycles. The first-order valence-electron chi connectivity index (χ1n) is 4.80. The van der Waals surface area contributed by atoms with Crippen molar-refractivity contribution in [2.45, 2.75) is 0 Å². The SMILES string of the molecule is N#Cc1ccccc1OCC(=O)NCC(N)=O. The van der Waals surface area contributed by atoms with Crippen LogP contribution in [-0.4, -0.2) is 25.0 Å². The molecular weight excluding hydrogens is 222 g/mol. The van der Waals surface area contributed by atoms with Crippen molar-refractivity contribution in [1.82, 2.24) is 5.32 Å². The highest BCUT2D eigenvalue weighted by Crippen LogP contribution is 2.15. The van der Waals surface area contributed by atoms with Crippen molar-refractivity contribution in [3.63, 3.8) is 0 Å². The highest BCUT2D eigenvalue weighted by Gasteiger charge is 2.06. The summed E-state index contributed by atoms with van der Waals surface area (Å²) in [4.78, 5) is 21.6. The Bertz CT molecular complexity index is 465. The van der Waals surface area contributed by atoms with Gasteiger partial charge in [-0.25, -0.2) is 0 Å². The fourth-order valence-electron chi connectivity index (χ4n) is 1.06. The van der Waals surface area contributed by atoms with Gasteiger partial charge in [-0.3, -0.25) is 9.59 Å². The highest BCUT2D eigenvalue weighted by molar-refractivity contribution is 5.84. The number of benzene rings is 1. The highest BCUT2D eigenvalue weighted by atomic mass is 16.5. The van der Waals surface area contributed by atoms with Gasteiger partial charge in [-0.2, -0.15) is 5.26 Å². The van der Waals surface area contributed by atoms with Gasteiger partial charge in [0.25, 0.3) is 5.91 Å². The van der Waals surface area contributed by atoms with Crippen LogP contribution in [-0.2, 0) is 9.59 Å². The zero-order chi connectivity index (χ0) is 12.7. The van der Waals surface area contributed by atoms with Gasteiger partial charge in [0.05, 0.1) is 12.1 Å². The summed E-state index contributed by atoms with van der Waals surface area (Å²) in [7, 11) is 0. The molecule has 0 spiro atoms. The molecule has 3 N–H and O–H groups in total. The second kappa shape index (κ2) is 6.12. The number of hydrogen-bond donors (Lipinski definition) is 2. The summed E-state index contributed by atoms with van der Waals surface area (Å²) >= 11 is 0. The number of ether oxygens (including phenoxy) is 1. The minimum absolute atomic E-state index is 0.234. The van der Waals surface area contributed by atoms with Gasteiger partial charge in [0, 0.05) is 0 Å². The van der Waals surface area contributed by atoms with E-state index in [0.29, 0.717) is 11.3 Å². The van der Waals surface area contributed by atoms with E-state index >= 15 is 0 Å². The van der Waals surface area contributed by atoms with E-state index in [9.17, 15) is 9.59 Å². The maximum Gasteiger partial charge on any atom is 0.258 e. The van der Waals surface area contributed by atoms with E-state index in [0.717, 1.165) is 0 Å². The van der Waals surface area contributed by atoms with Gasteiger partial charge >= 0.3 is 0 Å². The van der Waals surface area contributed by atoms with E-state index in [4.69, 9.17) is 15.7 Å². The molecule has 0 saturated carbocycles. The number of carbonyl (C=O) groups is 2. The average molecular weight is 233 g/mol. The molecule has 0 saturated heterocycles. The molecule has 17 heavy (non-hydrogen) atoms. The summed E-state index contributed by atoms with van der Waals surface area (Å²) in [5.74, 6) is -0.781. The molecule has 1 aromatic carbocycles. The standard InChI is InChI=1S/C11H11N3O3/c12-5-8-3-1-2-4-9(8)17-7-11(16)14-6-10(13)15/h1-4H,6-7H2,(H2,13,15)(H,14,16). The molecule has 2 amide bonds. The van der Waals surface area contributed by atoms with Crippen molar-refractivity contribution in [2.75, 3.05) is 13.2 Å². The Balaban J connectivity index is 2.48. The molecule has 0 fully saturated rings. The van der Waals surface area contributed by atoms with E-state index in [1.54, 1.807) is 24.3 Å². The van der Waals surface area contributed by atoms with E-state index in [-0.39, 0.29) is 13.2 Å².